The van der Waals surface area contributed by atoms with Gasteiger partial charge >= 0.3 is 0 Å². The molecule has 0 aromatic carbocycles. The molecule has 1 fully saturated rings. The van der Waals surface area contributed by atoms with Gasteiger partial charge in [0.2, 0.25) is 5.91 Å². The van der Waals surface area contributed by atoms with Crippen molar-refractivity contribution in [3.05, 3.63) is 20.8 Å². The molecule has 0 saturated heterocycles. The van der Waals surface area contributed by atoms with Gasteiger partial charge < -0.3 is 5.32 Å². The molecule has 28 heavy (non-hydrogen) atoms. The quantitative estimate of drug-likeness (QED) is 0.564. The number of nitrogens with one attached hydrogen (secondary N) is 1. The van der Waals surface area contributed by atoms with E-state index in [1.165, 1.54) is 60.7 Å². The van der Waals surface area contributed by atoms with Crippen LogP contribution in [0.5, 0.6) is 0 Å². The fourth-order valence-electron chi connectivity index (χ4n) is 4.44. The number of hydrogen-bond acceptors (Lipinski definition) is 5. The minimum absolute atomic E-state index is 0.0399. The number of aromatic nitrogens is 2. The van der Waals surface area contributed by atoms with Crippen LogP contribution < -0.4 is 10.9 Å². The minimum Gasteiger partial charge on any atom is -0.355 e. The highest BCUT2D eigenvalue weighted by molar-refractivity contribution is 7.99. The summed E-state index contributed by atoms with van der Waals surface area (Å²) in [6.07, 6.45) is 10.8. The smallest absolute Gasteiger partial charge is 0.263 e. The Morgan fingerprint density at radius 2 is 2.00 bits per heavy atom. The van der Waals surface area contributed by atoms with E-state index in [4.69, 9.17) is 4.98 Å². The third-order valence-electron chi connectivity index (χ3n) is 6.00. The van der Waals surface area contributed by atoms with Crippen molar-refractivity contribution in [2.24, 2.45) is 5.92 Å². The summed E-state index contributed by atoms with van der Waals surface area (Å²) in [7, 11) is 0. The fraction of sp³-hybridized carbons (Fsp3) is 0.667. The standard InChI is InChI=1S/C21H29N3O2S2/c1-2-24-20(26)18-15-10-6-7-11-16(15)28-19(18)23-21(24)27-13-17(25)22-12-14-8-4-3-5-9-14/h14H,2-13H2,1H3,(H,22,25). The van der Waals surface area contributed by atoms with E-state index in [9.17, 15) is 9.59 Å². The van der Waals surface area contributed by atoms with Gasteiger partial charge in [-0.1, -0.05) is 31.0 Å². The highest BCUT2D eigenvalue weighted by Crippen LogP contribution is 2.34. The molecule has 1 N–H and O–H groups in total. The molecule has 0 aliphatic heterocycles. The number of rotatable bonds is 6. The highest BCUT2D eigenvalue weighted by atomic mass is 32.2. The van der Waals surface area contributed by atoms with Gasteiger partial charge in [-0.2, -0.15) is 0 Å². The van der Waals surface area contributed by atoms with Crippen LogP contribution in [0, 0.1) is 5.92 Å². The van der Waals surface area contributed by atoms with E-state index in [0.717, 1.165) is 36.0 Å². The molecule has 1 saturated carbocycles. The number of hydrogen-bond donors (Lipinski definition) is 1. The molecule has 0 unspecified atom stereocenters. The Hall–Kier alpha value is -1.34. The molecule has 152 valence electrons. The van der Waals surface area contributed by atoms with Gasteiger partial charge in [0.15, 0.2) is 5.16 Å². The Balaban J connectivity index is 1.47. The number of thioether (sulfide) groups is 1. The Kier molecular flexibility index (Phi) is 6.41. The molecular formula is C21H29N3O2S2. The third-order valence-corrected chi connectivity index (χ3v) is 8.16. The number of aryl methyl sites for hydroxylation is 2. The van der Waals surface area contributed by atoms with E-state index in [2.05, 4.69) is 5.32 Å². The van der Waals surface area contributed by atoms with Crippen molar-refractivity contribution in [2.75, 3.05) is 12.3 Å². The first kappa shape index (κ1) is 20.0. The van der Waals surface area contributed by atoms with Crippen LogP contribution in [0.15, 0.2) is 9.95 Å². The summed E-state index contributed by atoms with van der Waals surface area (Å²) < 4.78 is 1.74. The maximum atomic E-state index is 13.1. The summed E-state index contributed by atoms with van der Waals surface area (Å²) in [4.78, 5) is 32.4. The average Bonchev–Trinajstić information content (AvgIpc) is 3.10. The molecule has 2 aromatic heterocycles. The zero-order chi connectivity index (χ0) is 19.5. The van der Waals surface area contributed by atoms with Gasteiger partial charge in [0, 0.05) is 18.0 Å². The molecule has 2 heterocycles. The van der Waals surface area contributed by atoms with Gasteiger partial charge in [-0.15, -0.1) is 11.3 Å². The first-order valence-corrected chi connectivity index (χ1v) is 12.4. The second-order valence-corrected chi connectivity index (χ2v) is 9.96. The van der Waals surface area contributed by atoms with Crippen LogP contribution in [0.2, 0.25) is 0 Å². The van der Waals surface area contributed by atoms with Crippen molar-refractivity contribution in [1.82, 2.24) is 14.9 Å². The summed E-state index contributed by atoms with van der Waals surface area (Å²) >= 11 is 3.06. The van der Waals surface area contributed by atoms with E-state index in [1.54, 1.807) is 15.9 Å². The lowest BCUT2D eigenvalue weighted by Gasteiger charge is -2.21. The molecule has 0 atom stereocenters. The zero-order valence-corrected chi connectivity index (χ0v) is 18.2. The van der Waals surface area contributed by atoms with Crippen molar-refractivity contribution in [2.45, 2.75) is 76.4 Å². The van der Waals surface area contributed by atoms with E-state index in [0.29, 0.717) is 23.4 Å². The van der Waals surface area contributed by atoms with Crippen LogP contribution in [0.1, 0.15) is 62.3 Å². The van der Waals surface area contributed by atoms with Crippen LogP contribution in [-0.2, 0) is 24.2 Å². The monoisotopic (exact) mass is 419 g/mol. The van der Waals surface area contributed by atoms with Gasteiger partial charge in [0.1, 0.15) is 4.83 Å². The number of nitrogens with zero attached hydrogens (tertiary/aromatic N) is 2. The van der Waals surface area contributed by atoms with Crippen molar-refractivity contribution < 1.29 is 4.79 Å². The second-order valence-electron chi connectivity index (χ2n) is 7.93. The Morgan fingerprint density at radius 3 is 2.79 bits per heavy atom. The van der Waals surface area contributed by atoms with Crippen LogP contribution in [0.3, 0.4) is 0 Å². The van der Waals surface area contributed by atoms with Crippen LogP contribution in [0.25, 0.3) is 10.2 Å². The highest BCUT2D eigenvalue weighted by Gasteiger charge is 2.22. The molecule has 2 aromatic rings. The summed E-state index contributed by atoms with van der Waals surface area (Å²) in [6, 6.07) is 0. The van der Waals surface area contributed by atoms with E-state index in [-0.39, 0.29) is 11.5 Å². The number of amides is 1. The lowest BCUT2D eigenvalue weighted by atomic mass is 9.89. The number of fused-ring (bicyclic) bond motifs is 3. The van der Waals surface area contributed by atoms with Crippen molar-refractivity contribution in [3.63, 3.8) is 0 Å². The zero-order valence-electron chi connectivity index (χ0n) is 16.6. The molecule has 1 amide bonds. The van der Waals surface area contributed by atoms with E-state index >= 15 is 0 Å². The van der Waals surface area contributed by atoms with Gasteiger partial charge in [-0.25, -0.2) is 4.98 Å². The summed E-state index contributed by atoms with van der Waals surface area (Å²) in [5, 5.41) is 4.58. The van der Waals surface area contributed by atoms with Gasteiger partial charge in [-0.3, -0.25) is 14.2 Å². The normalized spacial score (nSPS) is 17.6. The first-order valence-electron chi connectivity index (χ1n) is 10.6. The Morgan fingerprint density at radius 1 is 1.21 bits per heavy atom. The molecule has 0 radical (unpaired) electrons. The topological polar surface area (TPSA) is 64.0 Å². The van der Waals surface area contributed by atoms with E-state index < -0.39 is 0 Å². The van der Waals surface area contributed by atoms with Gasteiger partial charge in [0.05, 0.1) is 11.1 Å². The van der Waals surface area contributed by atoms with Crippen molar-refractivity contribution in [1.29, 1.82) is 0 Å². The largest absolute Gasteiger partial charge is 0.355 e. The number of carbonyl (C=O) groups is 1. The van der Waals surface area contributed by atoms with E-state index in [1.807, 2.05) is 6.92 Å². The second kappa shape index (κ2) is 8.99. The molecule has 0 spiro atoms. The average molecular weight is 420 g/mol. The molecule has 7 heteroatoms. The molecule has 4 rings (SSSR count). The predicted molar refractivity (Wildman–Crippen MR) is 117 cm³/mol. The predicted octanol–water partition coefficient (Wildman–Crippen LogP) is 4.15. The maximum Gasteiger partial charge on any atom is 0.263 e. The Labute approximate surface area is 174 Å². The summed E-state index contributed by atoms with van der Waals surface area (Å²) in [6.45, 7) is 3.34. The lowest BCUT2D eigenvalue weighted by molar-refractivity contribution is -0.118. The molecular weight excluding hydrogens is 390 g/mol. The molecule has 2 aliphatic rings. The SMILES string of the molecule is CCn1c(SCC(=O)NCC2CCCCC2)nc2sc3c(c2c1=O)CCCC3. The lowest BCUT2D eigenvalue weighted by Crippen LogP contribution is -2.31. The maximum absolute atomic E-state index is 13.1. The third kappa shape index (κ3) is 4.15. The Bertz CT molecular complexity index is 912. The summed E-state index contributed by atoms with van der Waals surface area (Å²) in [5.74, 6) is 0.983. The number of carbonyl (C=O) groups excluding carboxylic acids is 1. The van der Waals surface area contributed by atoms with Gasteiger partial charge in [0.25, 0.3) is 5.56 Å². The van der Waals surface area contributed by atoms with Gasteiger partial charge in [-0.05, 0) is 56.9 Å². The fourth-order valence-corrected chi connectivity index (χ4v) is 6.63. The van der Waals surface area contributed by atoms with Crippen LogP contribution in [-0.4, -0.2) is 27.8 Å². The van der Waals surface area contributed by atoms with Crippen LogP contribution in [0.4, 0.5) is 0 Å². The van der Waals surface area contributed by atoms with Crippen LogP contribution >= 0.6 is 23.1 Å². The minimum atomic E-state index is 0.0399. The van der Waals surface area contributed by atoms with Crippen molar-refractivity contribution in [3.8, 4) is 0 Å². The molecule has 0 bridgehead atoms. The first-order chi connectivity index (χ1) is 13.7. The molecule has 5 nitrogen and oxygen atoms in total. The number of thiophene rings is 1. The molecule has 2 aliphatic carbocycles. The van der Waals surface area contributed by atoms with Crippen molar-refractivity contribution >= 4 is 39.2 Å². The summed E-state index contributed by atoms with van der Waals surface area (Å²) in [5.41, 5.74) is 1.30.